The normalized spacial score (nSPS) is 14.5. The summed E-state index contributed by atoms with van der Waals surface area (Å²) < 4.78 is 6.42. The average molecular weight is 422 g/mol. The lowest BCUT2D eigenvalue weighted by molar-refractivity contribution is -0.122. The van der Waals surface area contributed by atoms with Crippen LogP contribution in [-0.4, -0.2) is 35.5 Å². The fourth-order valence-electron chi connectivity index (χ4n) is 3.92. The smallest absolute Gasteiger partial charge is 0.408 e. The zero-order valence-corrected chi connectivity index (χ0v) is 17.5. The number of carbonyl (C=O) groups excluding carboxylic acids is 2. The van der Waals surface area contributed by atoms with Crippen molar-refractivity contribution in [3.8, 4) is 0 Å². The number of hydrogen-bond acceptors (Lipinski definition) is 5. The number of amides is 2. The molecule has 8 heteroatoms. The molecule has 0 saturated carbocycles. The van der Waals surface area contributed by atoms with E-state index >= 15 is 0 Å². The van der Waals surface area contributed by atoms with Gasteiger partial charge in [0, 0.05) is 36.9 Å². The Balaban J connectivity index is 1.31. The van der Waals surface area contributed by atoms with E-state index in [9.17, 15) is 14.4 Å². The molecule has 0 radical (unpaired) electrons. The van der Waals surface area contributed by atoms with Gasteiger partial charge in [-0.25, -0.2) is 4.79 Å². The predicted molar refractivity (Wildman–Crippen MR) is 119 cm³/mol. The molecule has 0 bridgehead atoms. The molecule has 4 rings (SSSR count). The quantitative estimate of drug-likeness (QED) is 0.610. The zero-order chi connectivity index (χ0) is 21.8. The van der Waals surface area contributed by atoms with Gasteiger partial charge < -0.3 is 20.0 Å². The summed E-state index contributed by atoms with van der Waals surface area (Å²) in [6.07, 6.45) is 2.50. The Morgan fingerprint density at radius 1 is 1.06 bits per heavy atom. The lowest BCUT2D eigenvalue weighted by atomic mass is 10.2. The summed E-state index contributed by atoms with van der Waals surface area (Å²) in [4.78, 5) is 39.2. The number of fused-ring (bicyclic) bond motifs is 1. The Morgan fingerprint density at radius 2 is 1.84 bits per heavy atom. The first kappa shape index (κ1) is 20.7. The van der Waals surface area contributed by atoms with Crippen LogP contribution in [0.4, 0.5) is 11.4 Å². The highest BCUT2D eigenvalue weighted by atomic mass is 16.4. The van der Waals surface area contributed by atoms with E-state index in [1.165, 1.54) is 17.4 Å². The molecule has 2 aromatic carbocycles. The van der Waals surface area contributed by atoms with Crippen LogP contribution in [0.5, 0.6) is 0 Å². The molecule has 1 atom stereocenters. The van der Waals surface area contributed by atoms with Crippen LogP contribution in [0.1, 0.15) is 26.2 Å². The number of nitrogens with one attached hydrogen (secondary N) is 2. The van der Waals surface area contributed by atoms with Crippen molar-refractivity contribution in [2.75, 3.05) is 23.3 Å². The van der Waals surface area contributed by atoms with Gasteiger partial charge in [0.2, 0.25) is 11.8 Å². The second-order valence-electron chi connectivity index (χ2n) is 7.89. The molecule has 1 unspecified atom stereocenters. The molecule has 1 aliphatic rings. The van der Waals surface area contributed by atoms with E-state index in [-0.39, 0.29) is 30.8 Å². The van der Waals surface area contributed by atoms with Crippen LogP contribution in [0.3, 0.4) is 0 Å². The number of hydrogen-bond donors (Lipinski definition) is 2. The molecule has 2 amide bonds. The molecular weight excluding hydrogens is 396 g/mol. The number of aromatic nitrogens is 1. The first-order valence-electron chi connectivity index (χ1n) is 10.5. The molecule has 0 spiro atoms. The van der Waals surface area contributed by atoms with Gasteiger partial charge in [-0.1, -0.05) is 18.2 Å². The molecule has 1 saturated heterocycles. The van der Waals surface area contributed by atoms with E-state index < -0.39 is 5.76 Å². The topological polar surface area (TPSA) is 96.6 Å². The first-order valence-corrected chi connectivity index (χ1v) is 10.5. The van der Waals surface area contributed by atoms with Crippen molar-refractivity contribution < 1.29 is 14.0 Å². The monoisotopic (exact) mass is 422 g/mol. The van der Waals surface area contributed by atoms with Gasteiger partial charge in [-0.15, -0.1) is 0 Å². The fourth-order valence-corrected chi connectivity index (χ4v) is 3.92. The summed E-state index contributed by atoms with van der Waals surface area (Å²) in [5.41, 5.74) is 2.84. The SMILES string of the molecule is CC(CC(=O)Nc1cccc(N2CCCC2)c1)NC(=O)Cn1c(=O)oc2ccccc21. The third kappa shape index (κ3) is 4.96. The number of rotatable bonds is 7. The summed E-state index contributed by atoms with van der Waals surface area (Å²) in [5, 5.41) is 5.68. The Morgan fingerprint density at radius 3 is 2.65 bits per heavy atom. The van der Waals surface area contributed by atoms with E-state index in [2.05, 4.69) is 15.5 Å². The van der Waals surface area contributed by atoms with Crippen LogP contribution >= 0.6 is 0 Å². The van der Waals surface area contributed by atoms with Crippen molar-refractivity contribution in [1.82, 2.24) is 9.88 Å². The van der Waals surface area contributed by atoms with Crippen molar-refractivity contribution in [1.29, 1.82) is 0 Å². The summed E-state index contributed by atoms with van der Waals surface area (Å²) in [6, 6.07) is 14.4. The van der Waals surface area contributed by atoms with E-state index in [4.69, 9.17) is 4.42 Å². The van der Waals surface area contributed by atoms with Crippen LogP contribution in [0, 0.1) is 0 Å². The minimum Gasteiger partial charge on any atom is -0.408 e. The maximum absolute atomic E-state index is 12.4. The summed E-state index contributed by atoms with van der Waals surface area (Å²) in [6.45, 7) is 3.67. The third-order valence-corrected chi connectivity index (χ3v) is 5.38. The van der Waals surface area contributed by atoms with Crippen molar-refractivity contribution in [3.63, 3.8) is 0 Å². The maximum Gasteiger partial charge on any atom is 0.420 e. The number of para-hydroxylation sites is 2. The molecule has 162 valence electrons. The Hall–Kier alpha value is -3.55. The highest BCUT2D eigenvalue weighted by Crippen LogP contribution is 2.23. The first-order chi connectivity index (χ1) is 15.0. The molecule has 0 aliphatic carbocycles. The van der Waals surface area contributed by atoms with E-state index in [1.54, 1.807) is 31.2 Å². The minimum atomic E-state index is -0.584. The minimum absolute atomic E-state index is 0.126. The van der Waals surface area contributed by atoms with Gasteiger partial charge in [-0.05, 0) is 50.1 Å². The largest absolute Gasteiger partial charge is 0.420 e. The average Bonchev–Trinajstić information content (AvgIpc) is 3.37. The van der Waals surface area contributed by atoms with Crippen LogP contribution < -0.4 is 21.3 Å². The number of oxazole rings is 1. The van der Waals surface area contributed by atoms with Gasteiger partial charge in [0.1, 0.15) is 6.54 Å². The summed E-state index contributed by atoms with van der Waals surface area (Å²) >= 11 is 0. The second-order valence-corrected chi connectivity index (χ2v) is 7.89. The van der Waals surface area contributed by atoms with Crippen LogP contribution in [0.2, 0.25) is 0 Å². The highest BCUT2D eigenvalue weighted by Gasteiger charge is 2.17. The lowest BCUT2D eigenvalue weighted by Crippen LogP contribution is -2.38. The number of nitrogens with zero attached hydrogens (tertiary/aromatic N) is 2. The fraction of sp³-hybridized carbons (Fsp3) is 0.348. The Labute approximate surface area is 179 Å². The maximum atomic E-state index is 12.4. The van der Waals surface area contributed by atoms with Crippen molar-refractivity contribution in [2.24, 2.45) is 0 Å². The number of carbonyl (C=O) groups is 2. The third-order valence-electron chi connectivity index (χ3n) is 5.38. The van der Waals surface area contributed by atoms with Crippen molar-refractivity contribution in [3.05, 3.63) is 59.1 Å². The van der Waals surface area contributed by atoms with Gasteiger partial charge in [0.25, 0.3) is 0 Å². The molecule has 31 heavy (non-hydrogen) atoms. The van der Waals surface area contributed by atoms with Crippen molar-refractivity contribution in [2.45, 2.75) is 38.8 Å². The number of anilines is 2. The molecule has 8 nitrogen and oxygen atoms in total. The van der Waals surface area contributed by atoms with Crippen LogP contribution in [0.25, 0.3) is 11.1 Å². The molecule has 2 heterocycles. The summed E-state index contributed by atoms with van der Waals surface area (Å²) in [7, 11) is 0. The Kier molecular flexibility index (Phi) is 6.06. The molecule has 1 fully saturated rings. The van der Waals surface area contributed by atoms with Gasteiger partial charge >= 0.3 is 5.76 Å². The highest BCUT2D eigenvalue weighted by molar-refractivity contribution is 5.92. The van der Waals surface area contributed by atoms with E-state index in [0.717, 1.165) is 24.5 Å². The predicted octanol–water partition coefficient (Wildman–Crippen LogP) is 2.73. The van der Waals surface area contributed by atoms with Gasteiger partial charge in [-0.3, -0.25) is 14.2 Å². The molecule has 1 aliphatic heterocycles. The standard InChI is InChI=1S/C23H26N4O4/c1-16(24-22(29)15-27-19-9-2-3-10-20(19)31-23(27)30)13-21(28)25-17-7-6-8-18(14-17)26-11-4-5-12-26/h2-3,6-10,14,16H,4-5,11-13,15H2,1H3,(H,24,29)(H,25,28). The van der Waals surface area contributed by atoms with Gasteiger partial charge in [0.15, 0.2) is 5.58 Å². The number of benzene rings is 2. The molecule has 1 aromatic heterocycles. The van der Waals surface area contributed by atoms with Crippen LogP contribution in [0.15, 0.2) is 57.7 Å². The van der Waals surface area contributed by atoms with Crippen molar-refractivity contribution >= 4 is 34.3 Å². The molecule has 2 N–H and O–H groups in total. The van der Waals surface area contributed by atoms with Gasteiger partial charge in [-0.2, -0.15) is 0 Å². The lowest BCUT2D eigenvalue weighted by Gasteiger charge is -2.19. The summed E-state index contributed by atoms with van der Waals surface area (Å²) in [5.74, 6) is -1.12. The van der Waals surface area contributed by atoms with Crippen LogP contribution in [-0.2, 0) is 16.1 Å². The Bertz CT molecular complexity index is 1140. The zero-order valence-electron chi connectivity index (χ0n) is 17.5. The molecular formula is C23H26N4O4. The van der Waals surface area contributed by atoms with E-state index in [0.29, 0.717) is 11.1 Å². The molecule has 3 aromatic rings. The van der Waals surface area contributed by atoms with E-state index in [1.807, 2.05) is 24.3 Å². The van der Waals surface area contributed by atoms with Gasteiger partial charge in [0.05, 0.1) is 5.52 Å². The second kappa shape index (κ2) is 9.07.